The summed E-state index contributed by atoms with van der Waals surface area (Å²) in [7, 11) is 3.37. The van der Waals surface area contributed by atoms with Gasteiger partial charge in [-0.2, -0.15) is 33.7 Å². The van der Waals surface area contributed by atoms with E-state index < -0.39 is 11.4 Å². The first-order chi connectivity index (χ1) is 47.5. The molecule has 0 saturated carbocycles. The number of aromatic nitrogens is 8. The molecular formula is C78H98N10O9S2. The number of fused-ring (bicyclic) bond motifs is 2. The minimum atomic E-state index is -0.394. The van der Waals surface area contributed by atoms with Crippen molar-refractivity contribution in [2.24, 2.45) is 11.8 Å². The molecule has 526 valence electrons. The standard InChI is InChI=1S/C39H49N5O4S.C26H31N5O3.C13H18O2S/c1-26(2)32-23-33(36(46)24-35(32)45)37-40-41-38(47)44(37)30-8-11-34-29(22-30)15-20-43(34)19-14-27-12-17-42(18-13-27)21-16-39(3,4)49-25-28-6-9-31(48-5)10-7-28;1-16(2)20-14-21(24(33)15-23(20)32)25-28-29-26(34)31(25)19-3-4-22-18(13-19)8-12-30(22)11-7-17-5-9-27-10-6-17;1-13(2,8-9-14)16-10-11-4-6-12(15-3)7-5-11/h6-11,15,20,22-24,26-27,45-46H,12-14,16-19,21,25H2,1-5H3,(H,41,47);3-4,8,12-17,27,32-33H,5-7,9-11H2,1-2H3,(H,29,34);4-7,9H,8,10H2,1-3H3. The zero-order valence-corrected chi connectivity index (χ0v) is 60.5. The Balaban J connectivity index is 0.000000182. The third-order valence-corrected chi connectivity index (χ3v) is 22.2. The number of hydrogen-bond donors (Lipinski definition) is 7. The van der Waals surface area contributed by atoms with E-state index in [0.29, 0.717) is 57.6 Å². The van der Waals surface area contributed by atoms with Crippen molar-refractivity contribution in [3.05, 3.63) is 177 Å². The van der Waals surface area contributed by atoms with E-state index in [1.807, 2.05) is 94.1 Å². The third-order valence-electron chi connectivity index (χ3n) is 19.3. The van der Waals surface area contributed by atoms with E-state index in [-0.39, 0.29) is 44.3 Å². The zero-order chi connectivity index (χ0) is 70.5. The number of likely N-dealkylation sites (tertiary alicyclic amines) is 1. The van der Waals surface area contributed by atoms with Crippen LogP contribution in [0.3, 0.4) is 0 Å². The van der Waals surface area contributed by atoms with Crippen molar-refractivity contribution >= 4 is 51.6 Å². The van der Waals surface area contributed by atoms with Gasteiger partial charge in [0.05, 0.1) is 36.7 Å². The van der Waals surface area contributed by atoms with Crippen molar-refractivity contribution in [3.63, 3.8) is 0 Å². The number of carbonyl (C=O) groups is 1. The van der Waals surface area contributed by atoms with E-state index in [1.54, 1.807) is 38.1 Å². The maximum Gasteiger partial charge on any atom is 0.348 e. The maximum atomic E-state index is 12.9. The average molecular weight is 1380 g/mol. The molecule has 0 aliphatic carbocycles. The summed E-state index contributed by atoms with van der Waals surface area (Å²) in [5.74, 6) is 5.63. The summed E-state index contributed by atoms with van der Waals surface area (Å²) in [5.41, 5.74) is 7.51. The van der Waals surface area contributed by atoms with Crippen LogP contribution >= 0.6 is 23.5 Å². The van der Waals surface area contributed by atoms with Crippen LogP contribution in [0.25, 0.3) is 56.0 Å². The first-order valence-electron chi connectivity index (χ1n) is 34.6. The van der Waals surface area contributed by atoms with E-state index in [4.69, 9.17) is 9.47 Å². The molecule has 0 unspecified atom stereocenters. The molecule has 0 spiro atoms. The highest BCUT2D eigenvalue weighted by Crippen LogP contribution is 2.41. The number of phenols is 4. The fraction of sp³-hybridized carbons (Fsp3) is 0.423. The molecule has 99 heavy (non-hydrogen) atoms. The van der Waals surface area contributed by atoms with Gasteiger partial charge in [0.15, 0.2) is 11.6 Å². The van der Waals surface area contributed by atoms with Crippen LogP contribution in [0.2, 0.25) is 0 Å². The van der Waals surface area contributed by atoms with Crippen molar-refractivity contribution in [1.82, 2.24) is 48.9 Å². The smallest absolute Gasteiger partial charge is 0.348 e. The number of aldehydes is 1. The number of rotatable bonds is 25. The number of phenolic OH excluding ortho intramolecular Hbond substituents is 4. The van der Waals surface area contributed by atoms with E-state index in [1.165, 1.54) is 64.5 Å². The zero-order valence-electron chi connectivity index (χ0n) is 58.9. The highest BCUT2D eigenvalue weighted by molar-refractivity contribution is 8.00. The second-order valence-electron chi connectivity index (χ2n) is 28.0. The molecule has 21 heteroatoms. The Kier molecular flexibility index (Phi) is 24.4. The second-order valence-corrected chi connectivity index (χ2v) is 31.4. The van der Waals surface area contributed by atoms with Gasteiger partial charge in [-0.15, -0.1) is 0 Å². The van der Waals surface area contributed by atoms with Gasteiger partial charge >= 0.3 is 11.4 Å². The van der Waals surface area contributed by atoms with E-state index >= 15 is 0 Å². The Morgan fingerprint density at radius 2 is 0.990 bits per heavy atom. The average Bonchev–Trinajstić information content (AvgIpc) is 1.64. The molecule has 2 fully saturated rings. The fourth-order valence-corrected chi connectivity index (χ4v) is 14.9. The number of carbonyl (C=O) groups excluding carboxylic acids is 1. The number of H-pyrrole nitrogens is 2. The minimum absolute atomic E-state index is 0.0156. The maximum absolute atomic E-state index is 12.9. The number of nitrogens with zero attached hydrogens (tertiary/aromatic N) is 7. The normalized spacial score (nSPS) is 14.2. The number of methoxy groups -OCH3 is 2. The minimum Gasteiger partial charge on any atom is -0.508 e. The van der Waals surface area contributed by atoms with Crippen LogP contribution in [-0.4, -0.2) is 127 Å². The lowest BCUT2D eigenvalue weighted by Gasteiger charge is -2.34. The van der Waals surface area contributed by atoms with Crippen LogP contribution in [0.1, 0.15) is 141 Å². The van der Waals surface area contributed by atoms with Crippen LogP contribution in [0, 0.1) is 11.8 Å². The number of thioether (sulfide) groups is 2. The van der Waals surface area contributed by atoms with Gasteiger partial charge < -0.3 is 54.0 Å². The fourth-order valence-electron chi connectivity index (χ4n) is 13.0. The first-order valence-corrected chi connectivity index (χ1v) is 36.5. The van der Waals surface area contributed by atoms with Crippen molar-refractivity contribution in [2.75, 3.05) is 46.9 Å². The summed E-state index contributed by atoms with van der Waals surface area (Å²) in [6, 6.07) is 38.5. The number of aromatic amines is 2. The summed E-state index contributed by atoms with van der Waals surface area (Å²) in [4.78, 5) is 38.8. The first kappa shape index (κ1) is 73.1. The van der Waals surface area contributed by atoms with Crippen LogP contribution in [0.4, 0.5) is 0 Å². The number of aromatic hydroxyl groups is 4. The van der Waals surface area contributed by atoms with Gasteiger partial charge in [-0.05, 0) is 209 Å². The molecule has 2 aliphatic rings. The van der Waals surface area contributed by atoms with E-state index in [9.17, 15) is 34.8 Å². The van der Waals surface area contributed by atoms with Crippen molar-refractivity contribution < 1.29 is 34.7 Å². The number of nitrogens with one attached hydrogen (secondary N) is 3. The monoisotopic (exact) mass is 1380 g/mol. The largest absolute Gasteiger partial charge is 0.508 e. The predicted octanol–water partition coefficient (Wildman–Crippen LogP) is 15.3. The van der Waals surface area contributed by atoms with Crippen molar-refractivity contribution in [2.45, 2.75) is 153 Å². The molecule has 0 bridgehead atoms. The molecular weight excluding hydrogens is 1290 g/mol. The molecule has 7 N–H and O–H groups in total. The Hall–Kier alpha value is -8.63. The van der Waals surface area contributed by atoms with E-state index in [0.717, 1.165) is 116 Å². The van der Waals surface area contributed by atoms with Gasteiger partial charge in [0, 0.05) is 86.8 Å². The molecule has 0 amide bonds. The number of hydrogen-bond acceptors (Lipinski definition) is 15. The number of piperidine rings is 2. The Morgan fingerprint density at radius 3 is 1.41 bits per heavy atom. The van der Waals surface area contributed by atoms with Gasteiger partial charge in [-0.1, -0.05) is 79.7 Å². The Bertz CT molecular complexity index is 4430. The van der Waals surface area contributed by atoms with Gasteiger partial charge in [-0.3, -0.25) is 0 Å². The summed E-state index contributed by atoms with van der Waals surface area (Å²) < 4.78 is 18.2. The molecule has 6 heterocycles. The molecule has 4 aromatic heterocycles. The molecule has 2 aliphatic heterocycles. The topological polar surface area (TPSA) is 243 Å². The highest BCUT2D eigenvalue weighted by atomic mass is 32.2. The Labute approximate surface area is 589 Å². The number of aryl methyl sites for hydroxylation is 2. The van der Waals surface area contributed by atoms with E-state index in [2.05, 4.69) is 122 Å². The summed E-state index contributed by atoms with van der Waals surface area (Å²) in [5, 5.41) is 60.7. The third kappa shape index (κ3) is 18.6. The number of benzene rings is 6. The SMILES string of the molecule is CC(C)c1cc(-c2n[nH]c(=O)n2-c2ccc3c(ccn3CCC3CCNCC3)c2)c(O)cc1O.COc1ccc(CSC(C)(C)CC=O)cc1.COc1ccc(CSC(C)(C)CCN2CCC(CCn3ccc4cc(-n5c(-c6cc(C(C)C)c(O)cc6O)n[nH]c5=O)ccc43)CC2)cc1. The summed E-state index contributed by atoms with van der Waals surface area (Å²) in [6.07, 6.45) is 14.2. The molecule has 19 nitrogen and oxygen atoms in total. The van der Waals surface area contributed by atoms with Crippen LogP contribution in [0.15, 0.2) is 143 Å². The van der Waals surface area contributed by atoms with Crippen molar-refractivity contribution in [3.8, 4) is 68.6 Å². The molecule has 0 radical (unpaired) electrons. The van der Waals surface area contributed by atoms with Crippen LogP contribution in [-0.2, 0) is 29.4 Å². The molecule has 2 saturated heterocycles. The van der Waals surface area contributed by atoms with Gasteiger partial charge in [0.25, 0.3) is 0 Å². The lowest BCUT2D eigenvalue weighted by Crippen LogP contribution is -2.36. The van der Waals surface area contributed by atoms with Crippen molar-refractivity contribution in [1.29, 1.82) is 0 Å². The van der Waals surface area contributed by atoms with Crippen LogP contribution in [0.5, 0.6) is 34.5 Å². The summed E-state index contributed by atoms with van der Waals surface area (Å²) in [6.45, 7) is 24.4. The van der Waals surface area contributed by atoms with Crippen LogP contribution < -0.4 is 26.2 Å². The molecule has 0 atom stereocenters. The molecule has 10 aromatic rings. The second kappa shape index (κ2) is 33.0. The van der Waals surface area contributed by atoms with Gasteiger partial charge in [0.2, 0.25) is 0 Å². The lowest BCUT2D eigenvalue weighted by molar-refractivity contribution is -0.108. The number of ether oxygens (including phenoxy) is 2. The Morgan fingerprint density at radius 1 is 0.556 bits per heavy atom. The molecule has 6 aromatic carbocycles. The summed E-state index contributed by atoms with van der Waals surface area (Å²) >= 11 is 3.83. The van der Waals surface area contributed by atoms with Gasteiger partial charge in [0.1, 0.15) is 40.8 Å². The predicted molar refractivity (Wildman–Crippen MR) is 401 cm³/mol. The molecule has 12 rings (SSSR count). The highest BCUT2D eigenvalue weighted by Gasteiger charge is 2.26. The quantitative estimate of drug-likeness (QED) is 0.0263. The lowest BCUT2D eigenvalue weighted by atomic mass is 9.93. The van der Waals surface area contributed by atoms with Gasteiger partial charge in [-0.25, -0.2) is 28.9 Å².